The molecule has 2 N–H and O–H groups in total. The van der Waals surface area contributed by atoms with Crippen molar-refractivity contribution in [1.82, 2.24) is 0 Å². The van der Waals surface area contributed by atoms with Crippen LogP contribution in [0.1, 0.15) is 12.5 Å². The molecule has 2 aromatic rings. The van der Waals surface area contributed by atoms with Gasteiger partial charge in [0.25, 0.3) is 0 Å². The predicted octanol–water partition coefficient (Wildman–Crippen LogP) is 5.58. The van der Waals surface area contributed by atoms with Crippen molar-refractivity contribution < 1.29 is 9.13 Å². The fourth-order valence-corrected chi connectivity index (χ4v) is 2.78. The molecule has 1 unspecified atom stereocenters. The summed E-state index contributed by atoms with van der Waals surface area (Å²) in [5.41, 5.74) is 6.70. The summed E-state index contributed by atoms with van der Waals surface area (Å²) in [6.45, 7) is 1.91. The zero-order valence-electron chi connectivity index (χ0n) is 11.2. The summed E-state index contributed by atoms with van der Waals surface area (Å²) >= 11 is 15.2. The Balaban J connectivity index is 2.24. The van der Waals surface area contributed by atoms with E-state index in [2.05, 4.69) is 15.9 Å². The van der Waals surface area contributed by atoms with Gasteiger partial charge in [-0.25, -0.2) is 4.39 Å². The number of hydrogen-bond acceptors (Lipinski definition) is 2. The summed E-state index contributed by atoms with van der Waals surface area (Å²) < 4.78 is 19.7. The first-order chi connectivity index (χ1) is 9.86. The molecule has 0 fully saturated rings. The minimum atomic E-state index is -0.547. The molecule has 2 aromatic carbocycles. The molecular formula is C15H13BrCl2FNO. The highest BCUT2D eigenvalue weighted by Crippen LogP contribution is 2.35. The van der Waals surface area contributed by atoms with Crippen molar-refractivity contribution in [3.8, 4) is 11.5 Å². The van der Waals surface area contributed by atoms with E-state index in [4.69, 9.17) is 33.7 Å². The summed E-state index contributed by atoms with van der Waals surface area (Å²) in [6.07, 6.45) is 0.679. The molecule has 0 amide bonds. The topological polar surface area (TPSA) is 35.2 Å². The quantitative estimate of drug-likeness (QED) is 0.689. The van der Waals surface area contributed by atoms with Gasteiger partial charge < -0.3 is 10.5 Å². The molecule has 2 nitrogen and oxygen atoms in total. The van der Waals surface area contributed by atoms with E-state index in [9.17, 15) is 4.39 Å². The van der Waals surface area contributed by atoms with Crippen molar-refractivity contribution in [2.45, 2.75) is 19.4 Å². The minimum Gasteiger partial charge on any atom is -0.456 e. The monoisotopic (exact) mass is 391 g/mol. The third-order valence-corrected chi connectivity index (χ3v) is 4.03. The van der Waals surface area contributed by atoms with Crippen LogP contribution in [0.2, 0.25) is 10.0 Å². The molecule has 0 bridgehead atoms. The third-order valence-electron chi connectivity index (χ3n) is 2.77. The number of halogens is 4. The molecule has 0 aliphatic carbocycles. The van der Waals surface area contributed by atoms with Gasteiger partial charge >= 0.3 is 0 Å². The minimum absolute atomic E-state index is 0.0220. The number of rotatable bonds is 4. The summed E-state index contributed by atoms with van der Waals surface area (Å²) in [5, 5.41) is 0.592. The SMILES string of the molecule is CC(N)Cc1ccc(Oc2cc(F)c(Cl)cc2Br)cc1Cl. The lowest BCUT2D eigenvalue weighted by Crippen LogP contribution is -2.17. The number of benzene rings is 2. The molecule has 0 saturated heterocycles. The van der Waals surface area contributed by atoms with Crippen LogP contribution in [0.3, 0.4) is 0 Å². The molecule has 0 saturated carbocycles. The molecule has 112 valence electrons. The van der Waals surface area contributed by atoms with Gasteiger partial charge in [0, 0.05) is 17.1 Å². The first-order valence-electron chi connectivity index (χ1n) is 6.23. The van der Waals surface area contributed by atoms with Crippen LogP contribution in [0.25, 0.3) is 0 Å². The average molecular weight is 393 g/mol. The highest BCUT2D eigenvalue weighted by molar-refractivity contribution is 9.10. The van der Waals surface area contributed by atoms with Crippen LogP contribution in [0, 0.1) is 5.82 Å². The Morgan fingerprint density at radius 2 is 1.95 bits per heavy atom. The lowest BCUT2D eigenvalue weighted by atomic mass is 10.1. The zero-order chi connectivity index (χ0) is 15.6. The standard InChI is InChI=1S/C15H13BrCl2FNO/c1-8(20)4-9-2-3-10(5-12(9)17)21-15-7-14(19)13(18)6-11(15)16/h2-3,5-8H,4,20H2,1H3. The van der Waals surface area contributed by atoms with Crippen LogP contribution in [-0.4, -0.2) is 6.04 Å². The molecule has 0 aromatic heterocycles. The van der Waals surface area contributed by atoms with Gasteiger partial charge in [-0.3, -0.25) is 0 Å². The van der Waals surface area contributed by atoms with Crippen molar-refractivity contribution in [2.24, 2.45) is 5.73 Å². The van der Waals surface area contributed by atoms with E-state index in [1.165, 1.54) is 12.1 Å². The van der Waals surface area contributed by atoms with Gasteiger partial charge in [-0.05, 0) is 53.0 Å². The summed E-state index contributed by atoms with van der Waals surface area (Å²) in [4.78, 5) is 0. The Labute approximate surface area is 141 Å². The van der Waals surface area contributed by atoms with Crippen molar-refractivity contribution in [1.29, 1.82) is 0 Å². The van der Waals surface area contributed by atoms with Gasteiger partial charge in [0.1, 0.15) is 17.3 Å². The lowest BCUT2D eigenvalue weighted by molar-refractivity contribution is 0.473. The van der Waals surface area contributed by atoms with Crippen LogP contribution in [-0.2, 0) is 6.42 Å². The fraction of sp³-hybridized carbons (Fsp3) is 0.200. The maximum Gasteiger partial charge on any atom is 0.145 e. The Kier molecular flexibility index (Phi) is 5.49. The first-order valence-corrected chi connectivity index (χ1v) is 7.78. The molecule has 0 spiro atoms. The van der Waals surface area contributed by atoms with E-state index in [1.54, 1.807) is 12.1 Å². The largest absolute Gasteiger partial charge is 0.456 e. The zero-order valence-corrected chi connectivity index (χ0v) is 14.3. The Morgan fingerprint density at radius 1 is 1.24 bits per heavy atom. The molecule has 21 heavy (non-hydrogen) atoms. The van der Waals surface area contributed by atoms with Gasteiger partial charge in [-0.2, -0.15) is 0 Å². The van der Waals surface area contributed by atoms with Gasteiger partial charge in [0.15, 0.2) is 0 Å². The van der Waals surface area contributed by atoms with E-state index >= 15 is 0 Å². The third kappa shape index (κ3) is 4.33. The smallest absolute Gasteiger partial charge is 0.145 e. The van der Waals surface area contributed by atoms with Crippen LogP contribution in [0.5, 0.6) is 11.5 Å². The second-order valence-electron chi connectivity index (χ2n) is 4.73. The second-order valence-corrected chi connectivity index (χ2v) is 6.40. The Hall–Kier alpha value is -0.810. The van der Waals surface area contributed by atoms with Gasteiger partial charge in [0.05, 0.1) is 9.50 Å². The molecule has 2 rings (SSSR count). The lowest BCUT2D eigenvalue weighted by Gasteiger charge is -2.12. The summed E-state index contributed by atoms with van der Waals surface area (Å²) in [5.74, 6) is 0.290. The predicted molar refractivity (Wildman–Crippen MR) is 88.0 cm³/mol. The van der Waals surface area contributed by atoms with Crippen molar-refractivity contribution >= 4 is 39.1 Å². The highest BCUT2D eigenvalue weighted by Gasteiger charge is 2.10. The number of hydrogen-bond donors (Lipinski definition) is 1. The number of nitrogens with two attached hydrogens (primary N) is 1. The maximum absolute atomic E-state index is 13.5. The molecule has 0 aliphatic heterocycles. The maximum atomic E-state index is 13.5. The first kappa shape index (κ1) is 16.6. The van der Waals surface area contributed by atoms with Crippen LogP contribution in [0.4, 0.5) is 4.39 Å². The average Bonchev–Trinajstić information content (AvgIpc) is 2.39. The van der Waals surface area contributed by atoms with Crippen molar-refractivity contribution in [2.75, 3.05) is 0 Å². The summed E-state index contributed by atoms with van der Waals surface area (Å²) in [7, 11) is 0. The van der Waals surface area contributed by atoms with Gasteiger partial charge in [0.2, 0.25) is 0 Å². The van der Waals surface area contributed by atoms with Gasteiger partial charge in [-0.1, -0.05) is 29.3 Å². The molecule has 1 atom stereocenters. The van der Waals surface area contributed by atoms with Crippen molar-refractivity contribution in [3.63, 3.8) is 0 Å². The summed E-state index contributed by atoms with van der Waals surface area (Å²) in [6, 6.07) is 7.98. The molecule has 0 radical (unpaired) electrons. The van der Waals surface area contributed by atoms with E-state index in [1.807, 2.05) is 13.0 Å². The molecular weight excluding hydrogens is 380 g/mol. The molecule has 0 heterocycles. The van der Waals surface area contributed by atoms with E-state index in [0.29, 0.717) is 27.4 Å². The number of ether oxygens (including phenoxy) is 1. The van der Waals surface area contributed by atoms with E-state index in [-0.39, 0.29) is 11.1 Å². The molecule has 6 heteroatoms. The van der Waals surface area contributed by atoms with Gasteiger partial charge in [-0.15, -0.1) is 0 Å². The second kappa shape index (κ2) is 6.97. The van der Waals surface area contributed by atoms with E-state index in [0.717, 1.165) is 5.56 Å². The van der Waals surface area contributed by atoms with Crippen LogP contribution >= 0.6 is 39.1 Å². The van der Waals surface area contributed by atoms with Crippen LogP contribution < -0.4 is 10.5 Å². The highest BCUT2D eigenvalue weighted by atomic mass is 79.9. The van der Waals surface area contributed by atoms with E-state index < -0.39 is 5.82 Å². The van der Waals surface area contributed by atoms with Crippen molar-refractivity contribution in [3.05, 3.63) is 56.2 Å². The van der Waals surface area contributed by atoms with Crippen LogP contribution in [0.15, 0.2) is 34.8 Å². The fourth-order valence-electron chi connectivity index (χ4n) is 1.81. The normalized spacial score (nSPS) is 12.3. The molecule has 0 aliphatic rings. The Bertz CT molecular complexity index is 664. The Morgan fingerprint density at radius 3 is 2.57 bits per heavy atom.